The summed E-state index contributed by atoms with van der Waals surface area (Å²) in [6.07, 6.45) is 1.28. The van der Waals surface area contributed by atoms with Gasteiger partial charge in [0, 0.05) is 12.1 Å². The minimum atomic E-state index is -0.476. The van der Waals surface area contributed by atoms with Gasteiger partial charge in [0.25, 0.3) is 5.69 Å². The molecule has 102 valence electrons. The molecule has 0 spiro atoms. The van der Waals surface area contributed by atoms with Crippen LogP contribution in [0.5, 0.6) is 0 Å². The van der Waals surface area contributed by atoms with Gasteiger partial charge in [-0.25, -0.2) is 0 Å². The number of nitro groups is 1. The van der Waals surface area contributed by atoms with Crippen molar-refractivity contribution in [1.82, 2.24) is 0 Å². The van der Waals surface area contributed by atoms with Gasteiger partial charge in [-0.15, -0.1) is 0 Å². The van der Waals surface area contributed by atoms with Crippen LogP contribution in [-0.4, -0.2) is 4.92 Å². The molecule has 6 heteroatoms. The first kappa shape index (κ1) is 14.0. The van der Waals surface area contributed by atoms with E-state index in [0.717, 1.165) is 5.56 Å². The first-order chi connectivity index (χ1) is 10.0. The minimum Gasteiger partial charge on any atom is -0.456 e. The number of nitrogens with zero attached hydrogens (tertiary/aromatic N) is 3. The van der Waals surface area contributed by atoms with E-state index in [2.05, 4.69) is 0 Å². The molecular weight excluding hydrogens is 270 g/mol. The van der Waals surface area contributed by atoms with Crippen LogP contribution in [0.4, 0.5) is 5.69 Å². The van der Waals surface area contributed by atoms with Gasteiger partial charge in [-0.1, -0.05) is 6.07 Å². The third-order valence-electron chi connectivity index (χ3n) is 2.77. The van der Waals surface area contributed by atoms with Crippen molar-refractivity contribution in [2.75, 3.05) is 0 Å². The molecule has 0 amide bonds. The van der Waals surface area contributed by atoms with Crippen molar-refractivity contribution in [3.05, 3.63) is 57.3 Å². The zero-order valence-corrected chi connectivity index (χ0v) is 11.0. The smallest absolute Gasteiger partial charge is 0.280 e. The topological polar surface area (TPSA) is 104 Å². The van der Waals surface area contributed by atoms with Crippen molar-refractivity contribution in [1.29, 1.82) is 10.5 Å². The minimum absolute atomic E-state index is 0.0549. The average molecular weight is 279 g/mol. The fraction of sp³-hybridized carbons (Fsp3) is 0.0667. The summed E-state index contributed by atoms with van der Waals surface area (Å²) in [6, 6.07) is 11.4. The van der Waals surface area contributed by atoms with Crippen molar-refractivity contribution in [2.45, 2.75) is 6.92 Å². The molecule has 2 aromatic rings. The van der Waals surface area contributed by atoms with E-state index in [1.54, 1.807) is 43.3 Å². The van der Waals surface area contributed by atoms with Crippen LogP contribution in [0.2, 0.25) is 0 Å². The lowest BCUT2D eigenvalue weighted by atomic mass is 10.1. The SMILES string of the molecule is Cc1ccc(-c2ccc(C=C(C#N)C#N)o2)c([N+](=O)[O-])c1. The van der Waals surface area contributed by atoms with Gasteiger partial charge in [0.2, 0.25) is 0 Å². The Labute approximate surface area is 120 Å². The number of benzene rings is 1. The van der Waals surface area contributed by atoms with E-state index in [4.69, 9.17) is 14.9 Å². The summed E-state index contributed by atoms with van der Waals surface area (Å²) in [6.45, 7) is 1.76. The van der Waals surface area contributed by atoms with Gasteiger partial charge in [0.1, 0.15) is 29.2 Å². The Balaban J connectivity index is 2.49. The Morgan fingerprint density at radius 2 is 2.00 bits per heavy atom. The van der Waals surface area contributed by atoms with E-state index in [1.807, 2.05) is 0 Å². The number of furan rings is 1. The summed E-state index contributed by atoms with van der Waals surface area (Å²) in [5.74, 6) is 0.598. The molecule has 0 N–H and O–H groups in total. The zero-order valence-electron chi connectivity index (χ0n) is 11.0. The summed E-state index contributed by atoms with van der Waals surface area (Å²) in [7, 11) is 0. The molecule has 1 aromatic heterocycles. The van der Waals surface area contributed by atoms with Gasteiger partial charge in [0.05, 0.1) is 10.5 Å². The van der Waals surface area contributed by atoms with Crippen LogP contribution < -0.4 is 0 Å². The Morgan fingerprint density at radius 3 is 2.62 bits per heavy atom. The fourth-order valence-electron chi connectivity index (χ4n) is 1.81. The van der Waals surface area contributed by atoms with Crippen molar-refractivity contribution < 1.29 is 9.34 Å². The van der Waals surface area contributed by atoms with Gasteiger partial charge in [-0.2, -0.15) is 10.5 Å². The highest BCUT2D eigenvalue weighted by Crippen LogP contribution is 2.32. The lowest BCUT2D eigenvalue weighted by molar-refractivity contribution is -0.384. The molecule has 1 aromatic carbocycles. The van der Waals surface area contributed by atoms with Crippen LogP contribution in [-0.2, 0) is 0 Å². The maximum absolute atomic E-state index is 11.1. The highest BCUT2D eigenvalue weighted by molar-refractivity contribution is 5.71. The van der Waals surface area contributed by atoms with Gasteiger partial charge in [-0.3, -0.25) is 10.1 Å². The van der Waals surface area contributed by atoms with Crippen LogP contribution in [0.1, 0.15) is 11.3 Å². The summed E-state index contributed by atoms with van der Waals surface area (Å²) >= 11 is 0. The quantitative estimate of drug-likeness (QED) is 0.485. The molecule has 0 atom stereocenters. The molecule has 0 fully saturated rings. The molecule has 0 radical (unpaired) electrons. The summed E-state index contributed by atoms with van der Waals surface area (Å²) in [5.41, 5.74) is 0.962. The van der Waals surface area contributed by atoms with Crippen LogP contribution in [0.15, 0.2) is 40.3 Å². The molecule has 0 aliphatic rings. The van der Waals surface area contributed by atoms with Crippen molar-refractivity contribution in [2.24, 2.45) is 0 Å². The number of nitro benzene ring substituents is 1. The molecule has 21 heavy (non-hydrogen) atoms. The van der Waals surface area contributed by atoms with Gasteiger partial charge in [0.15, 0.2) is 0 Å². The number of hydrogen-bond acceptors (Lipinski definition) is 5. The van der Waals surface area contributed by atoms with E-state index >= 15 is 0 Å². The van der Waals surface area contributed by atoms with E-state index < -0.39 is 4.92 Å². The molecule has 0 unspecified atom stereocenters. The second-order valence-electron chi connectivity index (χ2n) is 4.26. The molecule has 0 aliphatic carbocycles. The Bertz CT molecular complexity index is 803. The first-order valence-electron chi connectivity index (χ1n) is 5.92. The molecule has 0 bridgehead atoms. The van der Waals surface area contributed by atoms with Crippen molar-refractivity contribution in [3.8, 4) is 23.5 Å². The lowest BCUT2D eigenvalue weighted by Crippen LogP contribution is -1.92. The van der Waals surface area contributed by atoms with Gasteiger partial charge < -0.3 is 4.42 Å². The number of allylic oxidation sites excluding steroid dienone is 1. The number of rotatable bonds is 3. The van der Waals surface area contributed by atoms with Crippen molar-refractivity contribution in [3.63, 3.8) is 0 Å². The van der Waals surface area contributed by atoms with Gasteiger partial charge in [-0.05, 0) is 30.7 Å². The molecule has 1 heterocycles. The Morgan fingerprint density at radius 1 is 1.29 bits per heavy atom. The molecule has 0 saturated carbocycles. The Kier molecular flexibility index (Phi) is 3.83. The molecule has 0 saturated heterocycles. The normalized spacial score (nSPS) is 9.48. The third kappa shape index (κ3) is 2.96. The second-order valence-corrected chi connectivity index (χ2v) is 4.26. The molecule has 0 aliphatic heterocycles. The maximum atomic E-state index is 11.1. The summed E-state index contributed by atoms with van der Waals surface area (Å²) in [4.78, 5) is 10.6. The monoisotopic (exact) mass is 279 g/mol. The van der Waals surface area contributed by atoms with Crippen LogP contribution in [0.25, 0.3) is 17.4 Å². The Hall–Kier alpha value is -3.38. The average Bonchev–Trinajstić information content (AvgIpc) is 2.93. The summed E-state index contributed by atoms with van der Waals surface area (Å²) in [5, 5.41) is 28.5. The van der Waals surface area contributed by atoms with Crippen molar-refractivity contribution >= 4 is 11.8 Å². The predicted molar refractivity (Wildman–Crippen MR) is 74.7 cm³/mol. The second kappa shape index (κ2) is 5.72. The first-order valence-corrected chi connectivity index (χ1v) is 5.92. The van der Waals surface area contributed by atoms with Crippen LogP contribution >= 0.6 is 0 Å². The molecular formula is C15H9N3O3. The summed E-state index contributed by atoms with van der Waals surface area (Å²) < 4.78 is 5.45. The lowest BCUT2D eigenvalue weighted by Gasteiger charge is -2.00. The number of hydrogen-bond donors (Lipinski definition) is 0. The van der Waals surface area contributed by atoms with Crippen LogP contribution in [0, 0.1) is 39.7 Å². The van der Waals surface area contributed by atoms with E-state index in [9.17, 15) is 10.1 Å². The largest absolute Gasteiger partial charge is 0.456 e. The highest BCUT2D eigenvalue weighted by Gasteiger charge is 2.18. The fourth-order valence-corrected chi connectivity index (χ4v) is 1.81. The third-order valence-corrected chi connectivity index (χ3v) is 2.77. The number of aryl methyl sites for hydroxylation is 1. The predicted octanol–water partition coefficient (Wildman–Crippen LogP) is 3.59. The zero-order chi connectivity index (χ0) is 15.4. The standard InChI is InChI=1S/C15H9N3O3/c1-10-2-4-13(14(6-10)18(19)20)15-5-3-12(21-15)7-11(8-16)9-17/h2-7H,1H3. The maximum Gasteiger partial charge on any atom is 0.280 e. The number of nitriles is 2. The molecule has 2 rings (SSSR count). The van der Waals surface area contributed by atoms with Crippen LogP contribution in [0.3, 0.4) is 0 Å². The highest BCUT2D eigenvalue weighted by atomic mass is 16.6. The molecule has 6 nitrogen and oxygen atoms in total. The van der Waals surface area contributed by atoms with E-state index in [0.29, 0.717) is 11.3 Å². The van der Waals surface area contributed by atoms with Gasteiger partial charge >= 0.3 is 0 Å². The van der Waals surface area contributed by atoms with E-state index in [1.165, 1.54) is 12.1 Å². The van der Waals surface area contributed by atoms with E-state index in [-0.39, 0.29) is 17.0 Å².